The Balaban J connectivity index is 1.57. The van der Waals surface area contributed by atoms with Crippen LogP contribution in [-0.4, -0.2) is 40.2 Å². The fourth-order valence-corrected chi connectivity index (χ4v) is 4.47. The highest BCUT2D eigenvalue weighted by Gasteiger charge is 2.41. The van der Waals surface area contributed by atoms with Gasteiger partial charge >= 0.3 is 0 Å². The van der Waals surface area contributed by atoms with Crippen LogP contribution in [0.4, 0.5) is 5.82 Å². The number of H-pyrrole nitrogens is 3. The zero-order chi connectivity index (χ0) is 20.8. The quantitative estimate of drug-likeness (QED) is 0.526. The number of ketones is 1. The molecule has 1 aliphatic carbocycles. The fraction of sp³-hybridized carbons (Fsp3) is 0.286. The van der Waals surface area contributed by atoms with Gasteiger partial charge in [-0.25, -0.2) is 4.98 Å². The van der Waals surface area contributed by atoms with Crippen LogP contribution in [0.25, 0.3) is 0 Å². The van der Waals surface area contributed by atoms with E-state index in [1.54, 1.807) is 26.6 Å². The van der Waals surface area contributed by atoms with Crippen molar-refractivity contribution in [2.24, 2.45) is 0 Å². The molecule has 30 heavy (non-hydrogen) atoms. The Morgan fingerprint density at radius 3 is 2.63 bits per heavy atom. The number of hydrogen-bond acceptors (Lipinski definition) is 6. The summed E-state index contributed by atoms with van der Waals surface area (Å²) in [6.07, 6.45) is 4.28. The van der Waals surface area contributed by atoms with Gasteiger partial charge < -0.3 is 19.8 Å². The van der Waals surface area contributed by atoms with Crippen molar-refractivity contribution < 1.29 is 14.3 Å². The molecule has 1 aromatic carbocycles. The van der Waals surface area contributed by atoms with Gasteiger partial charge in [-0.3, -0.25) is 19.8 Å². The maximum Gasteiger partial charge on any atom is 0.270 e. The molecule has 2 aliphatic rings. The van der Waals surface area contributed by atoms with E-state index in [4.69, 9.17) is 9.47 Å². The molecule has 2 atom stereocenters. The van der Waals surface area contributed by atoms with Crippen LogP contribution in [0.3, 0.4) is 0 Å². The van der Waals surface area contributed by atoms with Gasteiger partial charge in [-0.15, -0.1) is 0 Å². The Morgan fingerprint density at radius 1 is 1.07 bits per heavy atom. The van der Waals surface area contributed by atoms with Crippen LogP contribution in [0.5, 0.6) is 11.5 Å². The van der Waals surface area contributed by atoms with Crippen LogP contribution in [0.2, 0.25) is 0 Å². The predicted molar refractivity (Wildman–Crippen MR) is 109 cm³/mol. The van der Waals surface area contributed by atoms with Gasteiger partial charge in [-0.1, -0.05) is 6.07 Å². The summed E-state index contributed by atoms with van der Waals surface area (Å²) in [5.41, 5.74) is 2.61. The molecular weight excluding hydrogens is 386 g/mol. The summed E-state index contributed by atoms with van der Waals surface area (Å²) in [5, 5.41) is 8.76. The van der Waals surface area contributed by atoms with E-state index >= 15 is 0 Å². The number of ether oxygens (including phenoxy) is 2. The number of nitrogens with zero attached hydrogens (tertiary/aromatic N) is 1. The van der Waals surface area contributed by atoms with Crippen molar-refractivity contribution >= 4 is 11.6 Å². The van der Waals surface area contributed by atoms with Gasteiger partial charge in [0.15, 0.2) is 17.3 Å². The number of rotatable bonds is 4. The van der Waals surface area contributed by atoms with Gasteiger partial charge in [0.2, 0.25) is 0 Å². The molecule has 0 amide bonds. The molecule has 3 heterocycles. The number of carbonyl (C=O) groups excluding carboxylic acids is 1. The molecule has 0 saturated carbocycles. The van der Waals surface area contributed by atoms with Crippen molar-refractivity contribution in [2.75, 3.05) is 19.5 Å². The van der Waals surface area contributed by atoms with Crippen molar-refractivity contribution in [3.63, 3.8) is 0 Å². The number of aromatic amines is 3. The molecule has 4 N–H and O–H groups in total. The number of Topliss-reactive ketones (excluding diaryl/α,β-unsaturated/α-hetero) is 1. The van der Waals surface area contributed by atoms with E-state index in [1.165, 1.54) is 0 Å². The molecule has 2 unspecified atom stereocenters. The Labute approximate surface area is 171 Å². The molecule has 0 bridgehead atoms. The SMILES string of the molecule is COc1ccc(C2CC(=O)C3=C(C2)Nc2[nH][nH]c(=O)c2C3c2ncc[nH]2)cc1OC. The Bertz CT molecular complexity index is 1200. The highest BCUT2D eigenvalue weighted by Crippen LogP contribution is 2.46. The second-order valence-corrected chi connectivity index (χ2v) is 7.44. The van der Waals surface area contributed by atoms with E-state index in [9.17, 15) is 9.59 Å². The number of methoxy groups -OCH3 is 2. The number of allylic oxidation sites excluding steroid dienone is 2. The maximum absolute atomic E-state index is 13.3. The highest BCUT2D eigenvalue weighted by atomic mass is 16.5. The zero-order valence-electron chi connectivity index (χ0n) is 16.5. The van der Waals surface area contributed by atoms with Crippen LogP contribution in [0.15, 0.2) is 46.7 Å². The third-order valence-electron chi connectivity index (χ3n) is 5.85. The molecule has 9 heteroatoms. The van der Waals surface area contributed by atoms with Crippen molar-refractivity contribution in [2.45, 2.75) is 24.7 Å². The van der Waals surface area contributed by atoms with E-state index in [2.05, 4.69) is 25.5 Å². The first-order valence-electron chi connectivity index (χ1n) is 9.65. The molecule has 9 nitrogen and oxygen atoms in total. The minimum Gasteiger partial charge on any atom is -0.493 e. The van der Waals surface area contributed by atoms with E-state index < -0.39 is 5.92 Å². The lowest BCUT2D eigenvalue weighted by molar-refractivity contribution is -0.116. The second kappa shape index (κ2) is 6.94. The van der Waals surface area contributed by atoms with Crippen LogP contribution in [0, 0.1) is 0 Å². The number of anilines is 1. The monoisotopic (exact) mass is 407 g/mol. The van der Waals surface area contributed by atoms with Crippen molar-refractivity contribution in [3.8, 4) is 11.5 Å². The molecule has 154 valence electrons. The predicted octanol–water partition coefficient (Wildman–Crippen LogP) is 2.40. The molecule has 3 aromatic rings. The first-order valence-corrected chi connectivity index (χ1v) is 9.65. The fourth-order valence-electron chi connectivity index (χ4n) is 4.47. The number of nitrogens with one attached hydrogen (secondary N) is 4. The number of carbonyl (C=O) groups is 1. The minimum absolute atomic E-state index is 0.00353. The highest BCUT2D eigenvalue weighted by molar-refractivity contribution is 6.01. The minimum atomic E-state index is -0.528. The lowest BCUT2D eigenvalue weighted by atomic mass is 9.74. The third-order valence-corrected chi connectivity index (χ3v) is 5.85. The Kier molecular flexibility index (Phi) is 4.23. The summed E-state index contributed by atoms with van der Waals surface area (Å²) < 4.78 is 10.7. The lowest BCUT2D eigenvalue weighted by Crippen LogP contribution is -2.32. The van der Waals surface area contributed by atoms with E-state index in [-0.39, 0.29) is 17.3 Å². The normalized spacial score (nSPS) is 20.4. The van der Waals surface area contributed by atoms with Crippen LogP contribution in [0.1, 0.15) is 41.6 Å². The standard InChI is InChI=1S/C21H21N5O4/c1-29-14-4-3-10(9-15(14)30-2)11-7-12-16(13(27)8-11)17(19-22-5-6-23-19)18-20(24-12)25-26-21(18)28/h3-6,9,11,17H,7-8H2,1-2H3,(H,22,23)(H3,24,25,26,28). The zero-order valence-corrected chi connectivity index (χ0v) is 16.5. The second-order valence-electron chi connectivity index (χ2n) is 7.44. The molecule has 0 saturated heterocycles. The van der Waals surface area contributed by atoms with E-state index in [0.29, 0.717) is 47.1 Å². The summed E-state index contributed by atoms with van der Waals surface area (Å²) in [4.78, 5) is 33.2. The summed E-state index contributed by atoms with van der Waals surface area (Å²) in [6, 6.07) is 5.73. The van der Waals surface area contributed by atoms with E-state index in [1.807, 2.05) is 18.2 Å². The van der Waals surface area contributed by atoms with Crippen LogP contribution >= 0.6 is 0 Å². The van der Waals surface area contributed by atoms with E-state index in [0.717, 1.165) is 11.3 Å². The van der Waals surface area contributed by atoms with Crippen molar-refractivity contribution in [3.05, 3.63) is 69.2 Å². The Hall–Kier alpha value is -3.75. The summed E-state index contributed by atoms with van der Waals surface area (Å²) in [7, 11) is 3.18. The Morgan fingerprint density at radius 2 is 1.90 bits per heavy atom. The number of benzene rings is 1. The molecule has 2 aromatic heterocycles. The number of aromatic nitrogens is 4. The van der Waals surface area contributed by atoms with Gasteiger partial charge in [0.1, 0.15) is 11.6 Å². The molecule has 0 spiro atoms. The van der Waals surface area contributed by atoms with Crippen LogP contribution < -0.4 is 20.3 Å². The smallest absolute Gasteiger partial charge is 0.270 e. The van der Waals surface area contributed by atoms with Crippen molar-refractivity contribution in [1.82, 2.24) is 20.2 Å². The van der Waals surface area contributed by atoms with Gasteiger partial charge in [0.05, 0.1) is 25.7 Å². The summed E-state index contributed by atoms with van der Waals surface area (Å²) >= 11 is 0. The average molecular weight is 407 g/mol. The molecule has 5 rings (SSSR count). The number of imidazole rings is 1. The van der Waals surface area contributed by atoms with Gasteiger partial charge in [-0.2, -0.15) is 0 Å². The number of hydrogen-bond donors (Lipinski definition) is 4. The lowest BCUT2D eigenvalue weighted by Gasteiger charge is -2.33. The molecular formula is C21H21N5O4. The summed E-state index contributed by atoms with van der Waals surface area (Å²) in [5.74, 6) is 1.87. The largest absolute Gasteiger partial charge is 0.493 e. The van der Waals surface area contributed by atoms with Crippen LogP contribution in [-0.2, 0) is 4.79 Å². The first-order chi connectivity index (χ1) is 14.6. The topological polar surface area (TPSA) is 125 Å². The molecule has 1 aliphatic heterocycles. The summed E-state index contributed by atoms with van der Waals surface area (Å²) in [6.45, 7) is 0. The van der Waals surface area contributed by atoms with Crippen molar-refractivity contribution in [1.29, 1.82) is 0 Å². The third kappa shape index (κ3) is 2.73. The molecule has 0 fully saturated rings. The van der Waals surface area contributed by atoms with Gasteiger partial charge in [0, 0.05) is 30.1 Å². The molecule has 0 radical (unpaired) electrons. The average Bonchev–Trinajstić information content (AvgIpc) is 3.42. The first kappa shape index (κ1) is 18.3. The maximum atomic E-state index is 13.3. The van der Waals surface area contributed by atoms with Gasteiger partial charge in [0.25, 0.3) is 5.56 Å². The number of fused-ring (bicyclic) bond motifs is 1. The van der Waals surface area contributed by atoms with Gasteiger partial charge in [-0.05, 0) is 30.0 Å².